The Morgan fingerprint density at radius 3 is 2.62 bits per heavy atom. The van der Waals surface area contributed by atoms with Crippen LogP contribution in [0.25, 0.3) is 11.0 Å². The van der Waals surface area contributed by atoms with Crippen LogP contribution in [0.4, 0.5) is 0 Å². The van der Waals surface area contributed by atoms with Gasteiger partial charge in [0.15, 0.2) is 5.65 Å². The van der Waals surface area contributed by atoms with Crippen molar-refractivity contribution in [3.63, 3.8) is 0 Å². The normalized spacial score (nSPS) is 17.8. The van der Waals surface area contributed by atoms with E-state index in [0.29, 0.717) is 37.8 Å². The van der Waals surface area contributed by atoms with Gasteiger partial charge in [-0.3, -0.25) is 4.79 Å². The predicted molar refractivity (Wildman–Crippen MR) is 132 cm³/mol. The topological polar surface area (TPSA) is 78.3 Å². The molecule has 7 heteroatoms. The van der Waals surface area contributed by atoms with Crippen molar-refractivity contribution < 1.29 is 14.3 Å². The molecule has 2 fully saturated rings. The van der Waals surface area contributed by atoms with Crippen LogP contribution < -0.4 is 10.1 Å². The third kappa shape index (κ3) is 4.41. The third-order valence-electron chi connectivity index (χ3n) is 7.13. The third-order valence-corrected chi connectivity index (χ3v) is 7.13. The van der Waals surface area contributed by atoms with Gasteiger partial charge in [-0.2, -0.15) is 5.10 Å². The molecule has 0 radical (unpaired) electrons. The van der Waals surface area contributed by atoms with Crippen LogP contribution in [0.1, 0.15) is 80.0 Å². The fourth-order valence-corrected chi connectivity index (χ4v) is 4.94. The number of rotatable bonds is 8. The summed E-state index contributed by atoms with van der Waals surface area (Å²) >= 11 is 0. The molecule has 1 amide bonds. The van der Waals surface area contributed by atoms with Gasteiger partial charge in [0.2, 0.25) is 0 Å². The molecule has 0 spiro atoms. The van der Waals surface area contributed by atoms with E-state index < -0.39 is 0 Å². The van der Waals surface area contributed by atoms with E-state index in [0.717, 1.165) is 48.2 Å². The number of hydrogen-bond donors (Lipinski definition) is 1. The van der Waals surface area contributed by atoms with E-state index in [1.165, 1.54) is 5.56 Å². The molecule has 0 atom stereocenters. The SMILES string of the molecule is CCOc1ccc(C2(CNC(=O)c3cc(C4CC4)nc4c3cnn4C(C)C)CCOCC2)cc1. The highest BCUT2D eigenvalue weighted by Gasteiger charge is 2.35. The second-order valence-electron chi connectivity index (χ2n) is 9.82. The Morgan fingerprint density at radius 1 is 1.24 bits per heavy atom. The van der Waals surface area contributed by atoms with Crippen LogP contribution >= 0.6 is 0 Å². The Morgan fingerprint density at radius 2 is 1.97 bits per heavy atom. The molecule has 180 valence electrons. The van der Waals surface area contributed by atoms with Gasteiger partial charge in [0.1, 0.15) is 5.75 Å². The molecule has 2 aliphatic rings. The monoisotopic (exact) mass is 462 g/mol. The zero-order chi connectivity index (χ0) is 23.7. The predicted octanol–water partition coefficient (Wildman–Crippen LogP) is 4.77. The first-order valence-corrected chi connectivity index (χ1v) is 12.5. The minimum absolute atomic E-state index is 0.0607. The number of nitrogens with one attached hydrogen (secondary N) is 1. The van der Waals surface area contributed by atoms with E-state index in [1.54, 1.807) is 6.20 Å². The lowest BCUT2D eigenvalue weighted by Crippen LogP contribution is -2.44. The van der Waals surface area contributed by atoms with Crippen LogP contribution in [0, 0.1) is 0 Å². The first-order chi connectivity index (χ1) is 16.5. The molecule has 1 saturated heterocycles. The van der Waals surface area contributed by atoms with Gasteiger partial charge in [0.25, 0.3) is 5.91 Å². The maximum atomic E-state index is 13.6. The molecule has 1 aromatic carbocycles. The fraction of sp³-hybridized carbons (Fsp3) is 0.519. The van der Waals surface area contributed by atoms with Gasteiger partial charge < -0.3 is 14.8 Å². The average molecular weight is 463 g/mol. The molecule has 5 rings (SSSR count). The Balaban J connectivity index is 1.43. The summed E-state index contributed by atoms with van der Waals surface area (Å²) < 4.78 is 13.2. The van der Waals surface area contributed by atoms with Crippen molar-refractivity contribution in [3.8, 4) is 5.75 Å². The molecule has 1 N–H and O–H groups in total. The number of fused-ring (bicyclic) bond motifs is 1. The number of carbonyl (C=O) groups is 1. The first-order valence-electron chi connectivity index (χ1n) is 12.5. The van der Waals surface area contributed by atoms with Crippen molar-refractivity contribution in [3.05, 3.63) is 53.3 Å². The molecule has 2 aromatic heterocycles. The van der Waals surface area contributed by atoms with Crippen molar-refractivity contribution in [2.75, 3.05) is 26.4 Å². The lowest BCUT2D eigenvalue weighted by Gasteiger charge is -2.38. The number of benzene rings is 1. The van der Waals surface area contributed by atoms with Crippen LogP contribution in [0.3, 0.4) is 0 Å². The standard InChI is InChI=1S/C27H34N4O3/c1-4-34-21-9-7-20(8-10-21)27(11-13-33-14-12-27)17-28-26(32)22-15-24(19-5-6-19)30-25-23(22)16-29-31(25)18(2)3/h7-10,15-16,18-19H,4-6,11-14,17H2,1-3H3,(H,28,32). The molecule has 0 bridgehead atoms. The van der Waals surface area contributed by atoms with Crippen molar-refractivity contribution in [2.45, 2.75) is 63.8 Å². The molecule has 7 nitrogen and oxygen atoms in total. The zero-order valence-electron chi connectivity index (χ0n) is 20.3. The van der Waals surface area contributed by atoms with Gasteiger partial charge in [0, 0.05) is 42.8 Å². The lowest BCUT2D eigenvalue weighted by atomic mass is 9.74. The number of aromatic nitrogens is 3. The number of pyridine rings is 1. The second kappa shape index (κ2) is 9.37. The van der Waals surface area contributed by atoms with Crippen LogP contribution in [0.15, 0.2) is 36.5 Å². The number of carbonyl (C=O) groups excluding carboxylic acids is 1. The smallest absolute Gasteiger partial charge is 0.252 e. The van der Waals surface area contributed by atoms with Crippen LogP contribution in [-0.4, -0.2) is 47.0 Å². The summed E-state index contributed by atoms with van der Waals surface area (Å²) in [5.41, 5.74) is 3.54. The van der Waals surface area contributed by atoms with E-state index in [1.807, 2.05) is 29.8 Å². The Hall–Kier alpha value is -2.93. The number of amides is 1. The fourth-order valence-electron chi connectivity index (χ4n) is 4.94. The highest BCUT2D eigenvalue weighted by molar-refractivity contribution is 6.05. The molecule has 0 unspecified atom stereocenters. The van der Waals surface area contributed by atoms with E-state index in [-0.39, 0.29) is 17.4 Å². The largest absolute Gasteiger partial charge is 0.494 e. The maximum absolute atomic E-state index is 13.6. The summed E-state index contributed by atoms with van der Waals surface area (Å²) in [6.45, 7) is 8.74. The second-order valence-corrected chi connectivity index (χ2v) is 9.82. The quantitative estimate of drug-likeness (QED) is 0.522. The van der Waals surface area contributed by atoms with E-state index in [2.05, 4.69) is 36.4 Å². The van der Waals surface area contributed by atoms with Crippen molar-refractivity contribution in [2.24, 2.45) is 0 Å². The van der Waals surface area contributed by atoms with Gasteiger partial charge >= 0.3 is 0 Å². The van der Waals surface area contributed by atoms with Crippen molar-refractivity contribution in [1.29, 1.82) is 0 Å². The lowest BCUT2D eigenvalue weighted by molar-refractivity contribution is 0.0487. The summed E-state index contributed by atoms with van der Waals surface area (Å²) in [5.74, 6) is 1.26. The number of ether oxygens (including phenoxy) is 2. The average Bonchev–Trinajstić information content (AvgIpc) is 3.61. The molecule has 3 aromatic rings. The summed E-state index contributed by atoms with van der Waals surface area (Å²) in [7, 11) is 0. The van der Waals surface area contributed by atoms with Gasteiger partial charge in [-0.15, -0.1) is 0 Å². The van der Waals surface area contributed by atoms with E-state index >= 15 is 0 Å². The van der Waals surface area contributed by atoms with Gasteiger partial charge in [0.05, 0.1) is 23.8 Å². The first kappa shape index (κ1) is 22.8. The van der Waals surface area contributed by atoms with Crippen molar-refractivity contribution >= 4 is 16.9 Å². The molecule has 3 heterocycles. The zero-order valence-corrected chi connectivity index (χ0v) is 20.3. The van der Waals surface area contributed by atoms with Crippen molar-refractivity contribution in [1.82, 2.24) is 20.1 Å². The molecule has 1 aliphatic carbocycles. The molecular formula is C27H34N4O3. The van der Waals surface area contributed by atoms with Crippen LogP contribution in [0.5, 0.6) is 5.75 Å². The summed E-state index contributed by atoms with van der Waals surface area (Å²) in [6.07, 6.45) is 5.79. The highest BCUT2D eigenvalue weighted by atomic mass is 16.5. The Labute approximate surface area is 200 Å². The number of hydrogen-bond acceptors (Lipinski definition) is 5. The summed E-state index contributed by atoms with van der Waals surface area (Å²) in [6, 6.07) is 10.5. The molecular weight excluding hydrogens is 428 g/mol. The summed E-state index contributed by atoms with van der Waals surface area (Å²) in [4.78, 5) is 18.4. The van der Waals surface area contributed by atoms with Crippen LogP contribution in [0.2, 0.25) is 0 Å². The van der Waals surface area contributed by atoms with Gasteiger partial charge in [-0.05, 0) is 70.2 Å². The molecule has 1 aliphatic heterocycles. The molecule has 1 saturated carbocycles. The highest BCUT2D eigenvalue weighted by Crippen LogP contribution is 2.40. The minimum atomic E-state index is -0.160. The van der Waals surface area contributed by atoms with E-state index in [9.17, 15) is 4.79 Å². The van der Waals surface area contributed by atoms with Crippen LogP contribution in [-0.2, 0) is 10.2 Å². The van der Waals surface area contributed by atoms with Gasteiger partial charge in [-0.25, -0.2) is 9.67 Å². The minimum Gasteiger partial charge on any atom is -0.494 e. The number of nitrogens with zero attached hydrogens (tertiary/aromatic N) is 3. The summed E-state index contributed by atoms with van der Waals surface area (Å²) in [5, 5.41) is 8.63. The molecule has 34 heavy (non-hydrogen) atoms. The maximum Gasteiger partial charge on any atom is 0.252 e. The van der Waals surface area contributed by atoms with Gasteiger partial charge in [-0.1, -0.05) is 12.1 Å². The Kier molecular flexibility index (Phi) is 6.30. The Bertz CT molecular complexity index is 1160. The van der Waals surface area contributed by atoms with E-state index in [4.69, 9.17) is 14.5 Å².